The van der Waals surface area contributed by atoms with Crippen molar-refractivity contribution in [2.24, 2.45) is 0 Å². The molecule has 1 fully saturated rings. The Hall–Kier alpha value is -1.09. The number of methoxy groups -OCH3 is 1. The molecule has 0 atom stereocenters. The molecule has 0 unspecified atom stereocenters. The van der Waals surface area contributed by atoms with Gasteiger partial charge in [-0.15, -0.1) is 0 Å². The van der Waals surface area contributed by atoms with Gasteiger partial charge in [-0.05, 0) is 38.1 Å². The first-order valence-electron chi connectivity index (χ1n) is 5.49. The molecule has 2 heterocycles. The van der Waals surface area contributed by atoms with Gasteiger partial charge < -0.3 is 10.1 Å². The standard InChI is InChI=1S/C7H9NO.C3H7N.C2H6/c1-6-3-7(9-2)5-8-4-6;1-2-4-3-1;1-2/h3-5H,1-2H3;4H,1-3H2;1-2H3. The molecule has 1 aliphatic rings. The van der Waals surface area contributed by atoms with Crippen LogP contribution in [-0.4, -0.2) is 25.2 Å². The summed E-state index contributed by atoms with van der Waals surface area (Å²) in [5, 5.41) is 3.11. The van der Waals surface area contributed by atoms with Gasteiger partial charge in [0, 0.05) is 6.20 Å². The van der Waals surface area contributed by atoms with Crippen LogP contribution in [0.4, 0.5) is 0 Å². The summed E-state index contributed by atoms with van der Waals surface area (Å²) in [6.07, 6.45) is 4.87. The van der Waals surface area contributed by atoms with Gasteiger partial charge in [0.15, 0.2) is 0 Å². The first-order valence-corrected chi connectivity index (χ1v) is 5.49. The average Bonchev–Trinajstić information content (AvgIpc) is 2.18. The molecule has 0 amide bonds. The lowest BCUT2D eigenvalue weighted by molar-refractivity contribution is 0.412. The van der Waals surface area contributed by atoms with Crippen LogP contribution in [0.5, 0.6) is 5.75 Å². The normalized spacial score (nSPS) is 12.3. The van der Waals surface area contributed by atoms with Gasteiger partial charge in [0.1, 0.15) is 5.75 Å². The zero-order valence-corrected chi connectivity index (χ0v) is 10.2. The fourth-order valence-corrected chi connectivity index (χ4v) is 0.816. The maximum Gasteiger partial charge on any atom is 0.137 e. The Morgan fingerprint density at radius 3 is 2.07 bits per heavy atom. The summed E-state index contributed by atoms with van der Waals surface area (Å²) in [7, 11) is 1.64. The van der Waals surface area contributed by atoms with Crippen LogP contribution in [0.15, 0.2) is 18.5 Å². The fourth-order valence-electron chi connectivity index (χ4n) is 0.816. The van der Waals surface area contributed by atoms with E-state index in [0.29, 0.717) is 0 Å². The molecule has 2 rings (SSSR count). The van der Waals surface area contributed by atoms with Gasteiger partial charge in [-0.3, -0.25) is 4.98 Å². The average molecular weight is 210 g/mol. The monoisotopic (exact) mass is 210 g/mol. The van der Waals surface area contributed by atoms with Gasteiger partial charge in [-0.25, -0.2) is 0 Å². The van der Waals surface area contributed by atoms with Crippen molar-refractivity contribution in [1.29, 1.82) is 0 Å². The molecule has 0 saturated carbocycles. The summed E-state index contributed by atoms with van der Waals surface area (Å²) < 4.78 is 4.93. The number of nitrogens with zero attached hydrogens (tertiary/aromatic N) is 1. The van der Waals surface area contributed by atoms with Crippen LogP contribution in [0.25, 0.3) is 0 Å². The van der Waals surface area contributed by atoms with Crippen LogP contribution in [0, 0.1) is 6.92 Å². The molecule has 1 aromatic rings. The third-order valence-electron chi connectivity index (χ3n) is 1.79. The van der Waals surface area contributed by atoms with E-state index in [1.54, 1.807) is 19.5 Å². The molecule has 0 bridgehead atoms. The minimum Gasteiger partial charge on any atom is -0.495 e. The lowest BCUT2D eigenvalue weighted by Crippen LogP contribution is -2.29. The van der Waals surface area contributed by atoms with E-state index < -0.39 is 0 Å². The maximum absolute atomic E-state index is 4.93. The van der Waals surface area contributed by atoms with Crippen molar-refractivity contribution in [3.05, 3.63) is 24.0 Å². The molecule has 1 aliphatic heterocycles. The molecular weight excluding hydrogens is 188 g/mol. The highest BCUT2D eigenvalue weighted by molar-refractivity contribution is 5.21. The summed E-state index contributed by atoms with van der Waals surface area (Å²) in [5.74, 6) is 0.815. The van der Waals surface area contributed by atoms with E-state index >= 15 is 0 Å². The van der Waals surface area contributed by atoms with Crippen molar-refractivity contribution in [3.8, 4) is 5.75 Å². The molecule has 1 N–H and O–H groups in total. The van der Waals surface area contributed by atoms with Crippen LogP contribution in [0.3, 0.4) is 0 Å². The second kappa shape index (κ2) is 9.46. The van der Waals surface area contributed by atoms with Gasteiger partial charge in [0.05, 0.1) is 13.3 Å². The predicted molar refractivity (Wildman–Crippen MR) is 64.4 cm³/mol. The second-order valence-corrected chi connectivity index (χ2v) is 3.01. The number of hydrogen-bond acceptors (Lipinski definition) is 3. The minimum absolute atomic E-state index is 0.815. The van der Waals surface area contributed by atoms with Crippen molar-refractivity contribution < 1.29 is 4.74 Å². The SMILES string of the molecule is C1CNC1.CC.COc1cncc(C)c1. The van der Waals surface area contributed by atoms with Gasteiger partial charge in [0.25, 0.3) is 0 Å². The van der Waals surface area contributed by atoms with Crippen LogP contribution in [-0.2, 0) is 0 Å². The Balaban J connectivity index is 0.000000272. The molecule has 0 aromatic carbocycles. The van der Waals surface area contributed by atoms with Crippen LogP contribution in [0.2, 0.25) is 0 Å². The summed E-state index contributed by atoms with van der Waals surface area (Å²) in [6, 6.07) is 1.94. The number of ether oxygens (including phenoxy) is 1. The Kier molecular flexibility index (Phi) is 8.78. The molecule has 0 aliphatic carbocycles. The van der Waals surface area contributed by atoms with Crippen molar-refractivity contribution in [3.63, 3.8) is 0 Å². The molecule has 1 aromatic heterocycles. The van der Waals surface area contributed by atoms with Gasteiger partial charge in [0.2, 0.25) is 0 Å². The molecule has 3 heteroatoms. The minimum atomic E-state index is 0.815. The highest BCUT2D eigenvalue weighted by Crippen LogP contribution is 2.07. The first-order chi connectivity index (χ1) is 7.33. The number of hydrogen-bond donors (Lipinski definition) is 1. The zero-order valence-electron chi connectivity index (χ0n) is 10.2. The van der Waals surface area contributed by atoms with E-state index in [0.717, 1.165) is 11.3 Å². The maximum atomic E-state index is 4.93. The highest BCUT2D eigenvalue weighted by Gasteiger charge is 1.92. The largest absolute Gasteiger partial charge is 0.495 e. The number of aryl methyl sites for hydroxylation is 1. The number of aromatic nitrogens is 1. The summed E-state index contributed by atoms with van der Waals surface area (Å²) in [5.41, 5.74) is 1.12. The van der Waals surface area contributed by atoms with E-state index in [9.17, 15) is 0 Å². The van der Waals surface area contributed by atoms with Gasteiger partial charge >= 0.3 is 0 Å². The van der Waals surface area contributed by atoms with Gasteiger partial charge in [-0.2, -0.15) is 0 Å². The fraction of sp³-hybridized carbons (Fsp3) is 0.583. The lowest BCUT2D eigenvalue weighted by atomic mass is 10.3. The van der Waals surface area contributed by atoms with E-state index in [2.05, 4.69) is 10.3 Å². The molecule has 1 saturated heterocycles. The Bertz CT molecular complexity index is 243. The van der Waals surface area contributed by atoms with E-state index in [4.69, 9.17) is 4.74 Å². The molecule has 3 nitrogen and oxygen atoms in total. The van der Waals surface area contributed by atoms with Gasteiger partial charge in [-0.1, -0.05) is 13.8 Å². The van der Waals surface area contributed by atoms with E-state index in [1.807, 2.05) is 26.8 Å². The Morgan fingerprint density at radius 1 is 1.27 bits per heavy atom. The first kappa shape index (κ1) is 13.9. The van der Waals surface area contributed by atoms with E-state index in [1.165, 1.54) is 19.5 Å². The zero-order chi connectivity index (χ0) is 11.5. The smallest absolute Gasteiger partial charge is 0.137 e. The summed E-state index contributed by atoms with van der Waals surface area (Å²) in [6.45, 7) is 8.48. The van der Waals surface area contributed by atoms with Crippen LogP contribution >= 0.6 is 0 Å². The number of nitrogens with one attached hydrogen (secondary N) is 1. The molecule has 86 valence electrons. The lowest BCUT2D eigenvalue weighted by Gasteiger charge is -2.09. The summed E-state index contributed by atoms with van der Waals surface area (Å²) in [4.78, 5) is 3.93. The topological polar surface area (TPSA) is 34.1 Å². The molecule has 15 heavy (non-hydrogen) atoms. The second-order valence-electron chi connectivity index (χ2n) is 3.01. The Morgan fingerprint density at radius 2 is 1.80 bits per heavy atom. The van der Waals surface area contributed by atoms with Crippen LogP contribution in [0.1, 0.15) is 25.8 Å². The van der Waals surface area contributed by atoms with Crippen molar-refractivity contribution >= 4 is 0 Å². The highest BCUT2D eigenvalue weighted by atomic mass is 16.5. The van der Waals surface area contributed by atoms with Crippen LogP contribution < -0.4 is 10.1 Å². The number of pyridine rings is 1. The van der Waals surface area contributed by atoms with E-state index in [-0.39, 0.29) is 0 Å². The quantitative estimate of drug-likeness (QED) is 0.773. The van der Waals surface area contributed by atoms with Crippen molar-refractivity contribution in [2.45, 2.75) is 27.2 Å². The van der Waals surface area contributed by atoms with Crippen molar-refractivity contribution in [2.75, 3.05) is 20.2 Å². The molecule has 0 spiro atoms. The predicted octanol–water partition coefficient (Wildman–Crippen LogP) is 2.40. The number of rotatable bonds is 1. The molecular formula is C12H22N2O. The third kappa shape index (κ3) is 6.91. The molecule has 0 radical (unpaired) electrons. The third-order valence-corrected chi connectivity index (χ3v) is 1.79. The summed E-state index contributed by atoms with van der Waals surface area (Å²) >= 11 is 0. The van der Waals surface area contributed by atoms with Crippen molar-refractivity contribution in [1.82, 2.24) is 10.3 Å². The Labute approximate surface area is 92.9 Å².